The molecule has 1 aliphatic rings. The van der Waals surface area contributed by atoms with Gasteiger partial charge in [-0.1, -0.05) is 35.9 Å². The molecule has 0 aliphatic carbocycles. The number of carbonyl (C=O) groups is 2. The summed E-state index contributed by atoms with van der Waals surface area (Å²) in [5.41, 5.74) is 3.76. The lowest BCUT2D eigenvalue weighted by molar-refractivity contribution is -0.110. The van der Waals surface area contributed by atoms with Gasteiger partial charge in [0.25, 0.3) is 11.8 Å². The third kappa shape index (κ3) is 5.57. The molecule has 38 heavy (non-hydrogen) atoms. The fourth-order valence-corrected chi connectivity index (χ4v) is 3.87. The molecule has 2 amide bonds. The number of aromatic nitrogens is 4. The number of imidazole rings is 1. The number of nitrogens with one attached hydrogen (secondary N) is 4. The van der Waals surface area contributed by atoms with E-state index in [0.29, 0.717) is 11.3 Å². The van der Waals surface area contributed by atoms with Gasteiger partial charge in [0.2, 0.25) is 5.82 Å². The van der Waals surface area contributed by atoms with E-state index in [4.69, 9.17) is 11.6 Å². The topological polar surface area (TPSA) is 125 Å². The van der Waals surface area contributed by atoms with Gasteiger partial charge in [0.15, 0.2) is 11.6 Å². The van der Waals surface area contributed by atoms with Crippen LogP contribution in [0, 0.1) is 11.6 Å². The Morgan fingerprint density at radius 3 is 2.74 bits per heavy atom. The van der Waals surface area contributed by atoms with E-state index in [9.17, 15) is 18.4 Å². The number of hydrogen-bond acceptors (Lipinski definition) is 6. The number of rotatable bonds is 7. The summed E-state index contributed by atoms with van der Waals surface area (Å²) in [6.07, 6.45) is 8.41. The van der Waals surface area contributed by atoms with Crippen molar-refractivity contribution in [1.82, 2.24) is 25.3 Å². The zero-order chi connectivity index (χ0) is 26.6. The zero-order valence-corrected chi connectivity index (χ0v) is 20.2. The molecule has 0 bridgehead atoms. The number of carbonyl (C=O) groups excluding carboxylic acids is 2. The van der Waals surface area contributed by atoms with Gasteiger partial charge < -0.3 is 20.9 Å². The highest BCUT2D eigenvalue weighted by Gasteiger charge is 2.24. The fourth-order valence-electron chi connectivity index (χ4n) is 3.69. The summed E-state index contributed by atoms with van der Waals surface area (Å²) in [5, 5.41) is 8.26. The highest BCUT2D eigenvalue weighted by Crippen LogP contribution is 2.33. The molecule has 5 rings (SSSR count). The van der Waals surface area contributed by atoms with Crippen LogP contribution in [-0.4, -0.2) is 38.3 Å². The number of hydrogen-bond donors (Lipinski definition) is 4. The van der Waals surface area contributed by atoms with Crippen molar-refractivity contribution >= 4 is 58.3 Å². The van der Waals surface area contributed by atoms with Gasteiger partial charge in [-0.3, -0.25) is 9.59 Å². The summed E-state index contributed by atoms with van der Waals surface area (Å²) in [7, 11) is 0. The smallest absolute Gasteiger partial charge is 0.289 e. The Balaban J connectivity index is 1.21. The van der Waals surface area contributed by atoms with Gasteiger partial charge in [0, 0.05) is 35.6 Å². The van der Waals surface area contributed by atoms with Crippen molar-refractivity contribution in [1.29, 1.82) is 0 Å². The van der Waals surface area contributed by atoms with E-state index in [-0.39, 0.29) is 34.9 Å². The second-order valence-electron chi connectivity index (χ2n) is 8.09. The van der Waals surface area contributed by atoms with E-state index < -0.39 is 17.5 Å². The minimum atomic E-state index is -1.03. The first kappa shape index (κ1) is 24.8. The molecule has 190 valence electrons. The maximum Gasteiger partial charge on any atom is 0.289 e. The van der Waals surface area contributed by atoms with E-state index in [1.165, 1.54) is 18.5 Å². The Morgan fingerprint density at radius 2 is 1.95 bits per heavy atom. The predicted molar refractivity (Wildman–Crippen MR) is 140 cm³/mol. The van der Waals surface area contributed by atoms with Crippen LogP contribution in [0.4, 0.5) is 26.0 Å². The van der Waals surface area contributed by atoms with E-state index in [1.54, 1.807) is 24.4 Å². The van der Waals surface area contributed by atoms with Gasteiger partial charge >= 0.3 is 0 Å². The molecule has 0 spiro atoms. The average molecular weight is 534 g/mol. The maximum absolute atomic E-state index is 13.5. The van der Waals surface area contributed by atoms with Crippen LogP contribution in [0.25, 0.3) is 17.7 Å². The van der Waals surface area contributed by atoms with Crippen LogP contribution in [0.5, 0.6) is 0 Å². The molecule has 2 aromatic carbocycles. The molecular formula is C26H18ClF2N7O2. The molecule has 4 aromatic rings. The Hall–Kier alpha value is -4.90. The normalized spacial score (nSPS) is 13.6. The minimum Gasteiger partial charge on any atom is -0.346 e. The lowest BCUT2D eigenvalue weighted by Gasteiger charge is -2.08. The third-order valence-electron chi connectivity index (χ3n) is 5.43. The molecule has 0 unspecified atom stereocenters. The quantitative estimate of drug-likeness (QED) is 0.200. The highest BCUT2D eigenvalue weighted by atomic mass is 35.5. The van der Waals surface area contributed by atoms with E-state index >= 15 is 0 Å². The van der Waals surface area contributed by atoms with Gasteiger partial charge in [-0.2, -0.15) is 0 Å². The van der Waals surface area contributed by atoms with Crippen molar-refractivity contribution in [3.63, 3.8) is 0 Å². The Morgan fingerprint density at radius 1 is 1.08 bits per heavy atom. The number of nitrogens with zero attached hydrogens (tertiary/aromatic N) is 3. The van der Waals surface area contributed by atoms with Crippen molar-refractivity contribution in [2.24, 2.45) is 0 Å². The lowest BCUT2D eigenvalue weighted by atomic mass is 10.0. The van der Waals surface area contributed by atoms with Crippen LogP contribution in [-0.2, 0) is 4.79 Å². The Labute approximate surface area is 219 Å². The Kier molecular flexibility index (Phi) is 6.92. The monoisotopic (exact) mass is 533 g/mol. The van der Waals surface area contributed by atoms with Crippen molar-refractivity contribution in [3.05, 3.63) is 100 Å². The molecule has 0 saturated heterocycles. The summed E-state index contributed by atoms with van der Waals surface area (Å²) >= 11 is 6.01. The Bertz CT molecular complexity index is 1600. The van der Waals surface area contributed by atoms with Crippen molar-refractivity contribution in [2.75, 3.05) is 17.2 Å². The molecule has 0 fully saturated rings. The van der Waals surface area contributed by atoms with Crippen molar-refractivity contribution in [3.8, 4) is 0 Å². The number of fused-ring (bicyclic) bond motifs is 1. The molecule has 4 N–H and O–H groups in total. The molecule has 1 aliphatic heterocycles. The first-order valence-electron chi connectivity index (χ1n) is 11.2. The fraction of sp³-hybridized carbons (Fsp3) is 0.0385. The molecule has 12 heteroatoms. The molecule has 2 aromatic heterocycles. The highest BCUT2D eigenvalue weighted by molar-refractivity contribution is 6.34. The van der Waals surface area contributed by atoms with Crippen LogP contribution in [0.1, 0.15) is 27.4 Å². The van der Waals surface area contributed by atoms with Gasteiger partial charge in [0.1, 0.15) is 11.0 Å². The number of amides is 2. The molecule has 0 saturated carbocycles. The molecular weight excluding hydrogens is 516 g/mol. The molecule has 0 atom stereocenters. The maximum atomic E-state index is 13.5. The number of halogens is 3. The number of H-pyrrole nitrogens is 1. The first-order chi connectivity index (χ1) is 18.4. The largest absolute Gasteiger partial charge is 0.346 e. The SMILES string of the molecule is O=C1Nc2cc(C=CCNC(=O)c3nc(Cl)cc(Nc4ccc(F)c(F)c4)n3)ccc2C1=Cc1cnc[nH]1. The lowest BCUT2D eigenvalue weighted by Crippen LogP contribution is -2.25. The van der Waals surface area contributed by atoms with Crippen molar-refractivity contribution in [2.45, 2.75) is 0 Å². The zero-order valence-electron chi connectivity index (χ0n) is 19.4. The summed E-state index contributed by atoms with van der Waals surface area (Å²) < 4.78 is 26.6. The van der Waals surface area contributed by atoms with Crippen LogP contribution in [0.15, 0.2) is 61.1 Å². The molecule has 3 heterocycles. The summed E-state index contributed by atoms with van der Waals surface area (Å²) in [5.74, 6) is -2.87. The average Bonchev–Trinajstić information content (AvgIpc) is 3.51. The minimum absolute atomic E-state index is 0.00749. The second-order valence-corrected chi connectivity index (χ2v) is 8.48. The standard InChI is InChI=1S/C26H18ClF2N7O2/c27-22-11-23(33-15-4-6-19(28)20(29)10-15)36-24(35-22)26(38)31-7-1-2-14-3-5-17-18(9-16-12-30-13-32-16)25(37)34-21(17)8-14/h1-6,8-13H,7H2,(H,30,32)(H,31,38)(H,34,37)(H,33,35,36). The van der Waals surface area contributed by atoms with Crippen LogP contribution in [0.3, 0.4) is 0 Å². The summed E-state index contributed by atoms with van der Waals surface area (Å²) in [4.78, 5) is 39.8. The molecule has 0 radical (unpaired) electrons. The van der Waals surface area contributed by atoms with Crippen LogP contribution >= 0.6 is 11.6 Å². The third-order valence-corrected chi connectivity index (χ3v) is 5.62. The van der Waals surface area contributed by atoms with Crippen molar-refractivity contribution < 1.29 is 18.4 Å². The summed E-state index contributed by atoms with van der Waals surface area (Å²) in [6, 6.07) is 10.1. The number of anilines is 3. The van der Waals surface area contributed by atoms with Crippen LogP contribution in [0.2, 0.25) is 5.15 Å². The van der Waals surface area contributed by atoms with Gasteiger partial charge in [-0.25, -0.2) is 23.7 Å². The van der Waals surface area contributed by atoms with Gasteiger partial charge in [-0.15, -0.1) is 0 Å². The van der Waals surface area contributed by atoms with E-state index in [0.717, 1.165) is 29.0 Å². The molecule has 9 nitrogen and oxygen atoms in total. The van der Waals surface area contributed by atoms with Gasteiger partial charge in [0.05, 0.1) is 23.8 Å². The number of aromatic amines is 1. The van der Waals surface area contributed by atoms with Crippen LogP contribution < -0.4 is 16.0 Å². The number of benzene rings is 2. The van der Waals surface area contributed by atoms with E-state index in [1.807, 2.05) is 18.2 Å². The first-order valence-corrected chi connectivity index (χ1v) is 11.6. The second kappa shape index (κ2) is 10.6. The van der Waals surface area contributed by atoms with Gasteiger partial charge in [-0.05, 0) is 29.8 Å². The summed E-state index contributed by atoms with van der Waals surface area (Å²) in [6.45, 7) is 0.162. The van der Waals surface area contributed by atoms with E-state index in [2.05, 4.69) is 35.9 Å². The predicted octanol–water partition coefficient (Wildman–Crippen LogP) is 4.81.